The average molecular weight is 539 g/mol. The van der Waals surface area contributed by atoms with Crippen molar-refractivity contribution in [2.24, 2.45) is 0 Å². The Morgan fingerprint density at radius 3 is 1.69 bits per heavy atom. The summed E-state index contributed by atoms with van der Waals surface area (Å²) in [4.78, 5) is 0. The summed E-state index contributed by atoms with van der Waals surface area (Å²) in [6, 6.07) is 33.2. The summed E-state index contributed by atoms with van der Waals surface area (Å²) in [5.74, 6) is -0.379. The average Bonchev–Trinajstić information content (AvgIpc) is 3.39. The number of alkyl halides is 3. The lowest BCUT2D eigenvalue weighted by molar-refractivity contribution is -0.0500. The van der Waals surface area contributed by atoms with Crippen molar-refractivity contribution in [2.75, 3.05) is 0 Å². The van der Waals surface area contributed by atoms with E-state index in [1.54, 1.807) is 6.07 Å². The third kappa shape index (κ3) is 2.65. The van der Waals surface area contributed by atoms with Crippen molar-refractivity contribution in [2.45, 2.75) is 10.9 Å². The topological polar surface area (TPSA) is 43.4 Å². The van der Waals surface area contributed by atoms with Gasteiger partial charge in [0.05, 0.1) is 5.41 Å². The highest BCUT2D eigenvalue weighted by atomic mass is 32.2. The number of benzene rings is 6. The molecule has 0 bridgehead atoms. The normalized spacial score (nSPS) is 14.9. The maximum Gasteiger partial charge on any atom is 0.534 e. The lowest BCUT2D eigenvalue weighted by atomic mass is 9.70. The molecule has 39 heavy (non-hydrogen) atoms. The van der Waals surface area contributed by atoms with Crippen LogP contribution in [-0.4, -0.2) is 13.9 Å². The number of hydrogen-bond donors (Lipinski definition) is 0. The summed E-state index contributed by atoms with van der Waals surface area (Å²) in [6.45, 7) is 0. The van der Waals surface area contributed by atoms with Crippen molar-refractivity contribution in [3.8, 4) is 16.9 Å². The molecule has 1 spiro atoms. The predicted octanol–water partition coefficient (Wildman–Crippen LogP) is 8.05. The minimum absolute atomic E-state index is 0.379. The molecule has 0 fully saturated rings. The molecule has 3 nitrogen and oxygen atoms in total. The van der Waals surface area contributed by atoms with Crippen LogP contribution in [0.2, 0.25) is 0 Å². The fourth-order valence-electron chi connectivity index (χ4n) is 6.88. The molecule has 0 saturated carbocycles. The van der Waals surface area contributed by atoms with Crippen LogP contribution in [-0.2, 0) is 15.5 Å². The van der Waals surface area contributed by atoms with Gasteiger partial charge < -0.3 is 4.18 Å². The van der Waals surface area contributed by atoms with Crippen LogP contribution in [0.1, 0.15) is 22.3 Å². The van der Waals surface area contributed by atoms with Gasteiger partial charge in [-0.3, -0.25) is 0 Å². The molecule has 2 aliphatic rings. The molecule has 6 aromatic rings. The van der Waals surface area contributed by atoms with Gasteiger partial charge in [0.25, 0.3) is 0 Å². The van der Waals surface area contributed by atoms with Crippen LogP contribution in [0.25, 0.3) is 43.4 Å². The molecule has 0 saturated heterocycles. The highest BCUT2D eigenvalue weighted by Gasteiger charge is 2.52. The summed E-state index contributed by atoms with van der Waals surface area (Å²) < 4.78 is 67.4. The van der Waals surface area contributed by atoms with Gasteiger partial charge in [0.1, 0.15) is 5.75 Å². The van der Waals surface area contributed by atoms with Gasteiger partial charge in [-0.15, -0.1) is 0 Å². The molecule has 0 radical (unpaired) electrons. The monoisotopic (exact) mass is 538 g/mol. The third-order valence-corrected chi connectivity index (χ3v) is 9.18. The van der Waals surface area contributed by atoms with E-state index in [0.717, 1.165) is 60.1 Å². The van der Waals surface area contributed by atoms with Gasteiger partial charge in [-0.05, 0) is 77.8 Å². The van der Waals surface area contributed by atoms with Crippen LogP contribution in [0.15, 0.2) is 103 Å². The Hall–Kier alpha value is -4.36. The molecule has 0 aliphatic heterocycles. The van der Waals surface area contributed by atoms with Crippen LogP contribution in [0.4, 0.5) is 13.2 Å². The summed E-state index contributed by atoms with van der Waals surface area (Å²) in [7, 11) is -5.80. The number of fused-ring (bicyclic) bond motifs is 10. The van der Waals surface area contributed by atoms with E-state index in [-0.39, 0.29) is 5.75 Å². The first kappa shape index (κ1) is 22.6. The zero-order chi connectivity index (χ0) is 26.7. The molecule has 0 unspecified atom stereocenters. The Labute approximate surface area is 221 Å². The quantitative estimate of drug-likeness (QED) is 0.127. The van der Waals surface area contributed by atoms with Gasteiger partial charge >= 0.3 is 15.6 Å². The summed E-state index contributed by atoms with van der Waals surface area (Å²) in [5.41, 5.74) is -0.700. The fraction of sp³-hybridized carbons (Fsp3) is 0.0625. The summed E-state index contributed by atoms with van der Waals surface area (Å²) in [6.07, 6.45) is 0. The van der Waals surface area contributed by atoms with Crippen LogP contribution in [0.3, 0.4) is 0 Å². The second-order valence-electron chi connectivity index (χ2n) is 9.99. The molecule has 0 N–H and O–H groups in total. The van der Waals surface area contributed by atoms with E-state index in [1.807, 2.05) is 36.4 Å². The highest BCUT2D eigenvalue weighted by molar-refractivity contribution is 7.88. The Bertz CT molecular complexity index is 2080. The van der Waals surface area contributed by atoms with E-state index >= 15 is 0 Å². The van der Waals surface area contributed by atoms with Crippen LogP contribution in [0, 0.1) is 0 Å². The summed E-state index contributed by atoms with van der Waals surface area (Å²) in [5, 5.41) is 6.91. The zero-order valence-corrected chi connectivity index (χ0v) is 20.9. The van der Waals surface area contributed by atoms with Gasteiger partial charge in [-0.1, -0.05) is 91.0 Å². The predicted molar refractivity (Wildman–Crippen MR) is 145 cm³/mol. The van der Waals surface area contributed by atoms with E-state index in [0.29, 0.717) is 5.56 Å². The fourth-order valence-corrected chi connectivity index (χ4v) is 7.34. The summed E-state index contributed by atoms with van der Waals surface area (Å²) >= 11 is 0. The third-order valence-electron chi connectivity index (χ3n) is 8.20. The molecule has 2 aliphatic carbocycles. The molecule has 8 rings (SSSR count). The second-order valence-corrected chi connectivity index (χ2v) is 11.5. The molecule has 0 aromatic heterocycles. The van der Waals surface area contributed by atoms with E-state index in [9.17, 15) is 21.6 Å². The largest absolute Gasteiger partial charge is 0.534 e. The molecule has 6 aromatic carbocycles. The maximum absolute atomic E-state index is 13.1. The maximum atomic E-state index is 13.1. The van der Waals surface area contributed by atoms with Crippen LogP contribution >= 0.6 is 0 Å². The zero-order valence-electron chi connectivity index (χ0n) is 20.1. The van der Waals surface area contributed by atoms with Gasteiger partial charge in [-0.25, -0.2) is 0 Å². The first-order chi connectivity index (χ1) is 18.7. The number of rotatable bonds is 2. The van der Waals surface area contributed by atoms with Crippen LogP contribution in [0.5, 0.6) is 5.75 Å². The van der Waals surface area contributed by atoms with Gasteiger partial charge in [-0.2, -0.15) is 21.6 Å². The van der Waals surface area contributed by atoms with Crippen molar-refractivity contribution in [3.05, 3.63) is 125 Å². The van der Waals surface area contributed by atoms with E-state index in [2.05, 4.69) is 52.7 Å². The Balaban J connectivity index is 1.50. The van der Waals surface area contributed by atoms with Crippen molar-refractivity contribution >= 4 is 42.4 Å². The molecule has 190 valence electrons. The van der Waals surface area contributed by atoms with E-state index in [4.69, 9.17) is 0 Å². The molecule has 7 heteroatoms. The number of hydrogen-bond acceptors (Lipinski definition) is 3. The smallest absolute Gasteiger partial charge is 0.376 e. The molecular weight excluding hydrogens is 521 g/mol. The molecule has 0 atom stereocenters. The SMILES string of the molecule is O=S(=O)(Oc1ccc2c(c1)-c1ccccc1C21c2cccc3c4ccccc4c4cccc1c4c23)C(F)(F)F. The van der Waals surface area contributed by atoms with E-state index < -0.39 is 21.0 Å². The first-order valence-electron chi connectivity index (χ1n) is 12.4. The second kappa shape index (κ2) is 7.18. The standard InChI is InChI=1S/C32H17F3O3S/c33-32(34,35)39(36,37)38-18-15-16-26-24(17-18)21-9-3-4-12-25(21)31(26)27-13-5-10-22-19-7-1-2-8-20(19)23-11-6-14-28(31)30(23)29(22)27/h1-17H. The van der Waals surface area contributed by atoms with Gasteiger partial charge in [0, 0.05) is 0 Å². The highest BCUT2D eigenvalue weighted by Crippen LogP contribution is 2.63. The lowest BCUT2D eigenvalue weighted by Gasteiger charge is -2.30. The van der Waals surface area contributed by atoms with Crippen molar-refractivity contribution in [1.82, 2.24) is 0 Å². The van der Waals surface area contributed by atoms with Gasteiger partial charge in [0.2, 0.25) is 0 Å². The van der Waals surface area contributed by atoms with Crippen LogP contribution < -0.4 is 4.18 Å². The molecule has 0 heterocycles. The molecular formula is C32H17F3O3S. The Kier molecular flexibility index (Phi) is 4.16. The molecule has 0 amide bonds. The van der Waals surface area contributed by atoms with Crippen molar-refractivity contribution < 1.29 is 25.8 Å². The number of halogens is 3. The van der Waals surface area contributed by atoms with E-state index in [1.165, 1.54) is 12.1 Å². The Morgan fingerprint density at radius 2 is 1.08 bits per heavy atom. The Morgan fingerprint density at radius 1 is 0.564 bits per heavy atom. The van der Waals surface area contributed by atoms with Gasteiger partial charge in [0.15, 0.2) is 0 Å². The first-order valence-corrected chi connectivity index (χ1v) is 13.8. The minimum atomic E-state index is -5.80. The minimum Gasteiger partial charge on any atom is -0.376 e. The van der Waals surface area contributed by atoms with Crippen molar-refractivity contribution in [3.63, 3.8) is 0 Å². The van der Waals surface area contributed by atoms with Crippen molar-refractivity contribution in [1.29, 1.82) is 0 Å². The lowest BCUT2D eigenvalue weighted by Crippen LogP contribution is -2.28.